The monoisotopic (exact) mass is 296 g/mol. The molecule has 4 nitrogen and oxygen atoms in total. The van der Waals surface area contributed by atoms with Crippen molar-refractivity contribution in [2.75, 3.05) is 33.2 Å². The fourth-order valence-corrected chi connectivity index (χ4v) is 3.52. The highest BCUT2D eigenvalue weighted by atomic mass is 32.1. The van der Waals surface area contributed by atoms with Gasteiger partial charge in [0.25, 0.3) is 0 Å². The molecule has 1 atom stereocenters. The number of nitrogens with one attached hydrogen (secondary N) is 1. The lowest BCUT2D eigenvalue weighted by molar-refractivity contribution is 0.0903. The lowest BCUT2D eigenvalue weighted by Crippen LogP contribution is -2.51. The van der Waals surface area contributed by atoms with Crippen LogP contribution in [0.4, 0.5) is 0 Å². The molecule has 1 fully saturated rings. The van der Waals surface area contributed by atoms with Crippen LogP contribution in [0.25, 0.3) is 0 Å². The van der Waals surface area contributed by atoms with Gasteiger partial charge in [0, 0.05) is 36.5 Å². The van der Waals surface area contributed by atoms with Crippen molar-refractivity contribution in [3.63, 3.8) is 0 Å². The van der Waals surface area contributed by atoms with Crippen LogP contribution in [0.2, 0.25) is 0 Å². The van der Waals surface area contributed by atoms with Gasteiger partial charge >= 0.3 is 0 Å². The summed E-state index contributed by atoms with van der Waals surface area (Å²) in [4.78, 5) is 8.50. The van der Waals surface area contributed by atoms with Crippen LogP contribution in [0.15, 0.2) is 0 Å². The molecule has 2 rings (SSSR count). The van der Waals surface area contributed by atoms with Gasteiger partial charge in [-0.25, -0.2) is 15.4 Å². The number of nitrogens with zero attached hydrogens (tertiary/aromatic N) is 3. The number of thiazole rings is 1. The second-order valence-corrected chi connectivity index (χ2v) is 7.89. The van der Waals surface area contributed by atoms with Crippen molar-refractivity contribution in [1.82, 2.24) is 20.3 Å². The van der Waals surface area contributed by atoms with Crippen LogP contribution in [0.5, 0.6) is 0 Å². The molecule has 0 saturated carbocycles. The topological polar surface area (TPSA) is 31.4 Å². The van der Waals surface area contributed by atoms with Gasteiger partial charge in [-0.15, -0.1) is 11.3 Å². The first-order chi connectivity index (χ1) is 9.27. The minimum atomic E-state index is 0.140. The summed E-state index contributed by atoms with van der Waals surface area (Å²) in [5, 5.41) is 3.58. The van der Waals surface area contributed by atoms with Crippen LogP contribution >= 0.6 is 11.3 Å². The Kier molecular flexibility index (Phi) is 4.84. The predicted molar refractivity (Wildman–Crippen MR) is 86.2 cm³/mol. The third-order valence-corrected chi connectivity index (χ3v) is 5.51. The first-order valence-corrected chi connectivity index (χ1v) is 8.26. The first kappa shape index (κ1) is 15.9. The summed E-state index contributed by atoms with van der Waals surface area (Å²) in [6.45, 7) is 15.5. The smallest absolute Gasteiger partial charge is 0.0985 e. The summed E-state index contributed by atoms with van der Waals surface area (Å²) in [5.41, 5.74) is 4.95. The molecule has 1 aromatic heterocycles. The van der Waals surface area contributed by atoms with E-state index in [1.54, 1.807) is 0 Å². The van der Waals surface area contributed by atoms with Crippen molar-refractivity contribution in [2.24, 2.45) is 0 Å². The highest BCUT2D eigenvalue weighted by molar-refractivity contribution is 7.12. The van der Waals surface area contributed by atoms with E-state index >= 15 is 0 Å². The van der Waals surface area contributed by atoms with E-state index in [1.807, 2.05) is 11.3 Å². The zero-order chi connectivity index (χ0) is 14.9. The first-order valence-electron chi connectivity index (χ1n) is 7.45. The normalized spacial score (nSPS) is 20.3. The van der Waals surface area contributed by atoms with E-state index in [0.717, 1.165) is 26.2 Å². The van der Waals surface area contributed by atoms with Crippen LogP contribution in [-0.4, -0.2) is 48.1 Å². The molecule has 1 aliphatic rings. The maximum atomic E-state index is 4.76. The molecule has 1 unspecified atom stereocenters. The molecule has 0 amide bonds. The summed E-state index contributed by atoms with van der Waals surface area (Å²) >= 11 is 1.85. The quantitative estimate of drug-likeness (QED) is 0.929. The molecular formula is C15H28N4S. The number of aryl methyl sites for hydroxylation is 1. The minimum Gasteiger partial charge on any atom is -0.304 e. The second kappa shape index (κ2) is 6.10. The molecule has 1 saturated heterocycles. The Balaban J connectivity index is 2.02. The van der Waals surface area contributed by atoms with Crippen molar-refractivity contribution in [3.05, 3.63) is 15.6 Å². The van der Waals surface area contributed by atoms with Gasteiger partial charge in [-0.3, -0.25) is 0 Å². The maximum absolute atomic E-state index is 4.76. The van der Waals surface area contributed by atoms with Gasteiger partial charge in [0.2, 0.25) is 0 Å². The van der Waals surface area contributed by atoms with Crippen molar-refractivity contribution in [2.45, 2.75) is 46.1 Å². The van der Waals surface area contributed by atoms with E-state index in [2.05, 4.69) is 57.0 Å². The molecule has 0 aromatic carbocycles. The molecule has 0 radical (unpaired) electrons. The average molecular weight is 296 g/mol. The molecule has 0 aliphatic carbocycles. The number of rotatable bonds is 3. The van der Waals surface area contributed by atoms with Gasteiger partial charge < -0.3 is 4.90 Å². The lowest BCUT2D eigenvalue weighted by Gasteiger charge is -2.34. The molecule has 114 valence electrons. The molecule has 1 aromatic rings. The van der Waals surface area contributed by atoms with E-state index in [1.165, 1.54) is 15.6 Å². The summed E-state index contributed by atoms with van der Waals surface area (Å²) in [6.07, 6.45) is 0. The molecule has 1 aliphatic heterocycles. The van der Waals surface area contributed by atoms with Crippen LogP contribution in [-0.2, 0) is 5.41 Å². The van der Waals surface area contributed by atoms with Gasteiger partial charge in [0.15, 0.2) is 0 Å². The van der Waals surface area contributed by atoms with Crippen LogP contribution in [0.3, 0.4) is 0 Å². The molecule has 20 heavy (non-hydrogen) atoms. The third-order valence-electron chi connectivity index (χ3n) is 3.75. The predicted octanol–water partition coefficient (Wildman–Crippen LogP) is 2.56. The van der Waals surface area contributed by atoms with Crippen LogP contribution < -0.4 is 5.43 Å². The Bertz CT molecular complexity index is 441. The van der Waals surface area contributed by atoms with Crippen molar-refractivity contribution < 1.29 is 0 Å². The average Bonchev–Trinajstić information content (AvgIpc) is 2.74. The Morgan fingerprint density at radius 1 is 1.20 bits per heavy atom. The number of hydrogen-bond acceptors (Lipinski definition) is 5. The van der Waals surface area contributed by atoms with Crippen molar-refractivity contribution in [3.8, 4) is 0 Å². The van der Waals surface area contributed by atoms with E-state index < -0.39 is 0 Å². The minimum absolute atomic E-state index is 0.140. The van der Waals surface area contributed by atoms with E-state index in [-0.39, 0.29) is 5.41 Å². The highest BCUT2D eigenvalue weighted by Crippen LogP contribution is 2.32. The fourth-order valence-electron chi connectivity index (χ4n) is 2.40. The Labute approximate surface area is 127 Å². The Hall–Kier alpha value is -0.490. The van der Waals surface area contributed by atoms with Gasteiger partial charge in [-0.2, -0.15) is 0 Å². The van der Waals surface area contributed by atoms with Crippen LogP contribution in [0, 0.1) is 6.92 Å². The summed E-state index contributed by atoms with van der Waals surface area (Å²) < 4.78 is 0. The van der Waals surface area contributed by atoms with E-state index in [4.69, 9.17) is 4.98 Å². The Morgan fingerprint density at radius 3 is 2.30 bits per heavy atom. The standard InChI is InChI=1S/C15H28N4S/c1-11-13(20-14(16-11)15(3,4)5)12(2)17-19-9-7-18(6)8-10-19/h12,17H,7-10H2,1-6H3. The molecule has 5 heteroatoms. The third kappa shape index (κ3) is 3.79. The van der Waals surface area contributed by atoms with Crippen molar-refractivity contribution >= 4 is 11.3 Å². The number of aromatic nitrogens is 1. The van der Waals surface area contributed by atoms with Gasteiger partial charge in [0.1, 0.15) is 0 Å². The SMILES string of the molecule is Cc1nc(C(C)(C)C)sc1C(C)NN1CCN(C)CC1. The maximum Gasteiger partial charge on any atom is 0.0985 e. The zero-order valence-electron chi connectivity index (χ0n) is 13.7. The summed E-state index contributed by atoms with van der Waals surface area (Å²) in [6, 6.07) is 0.340. The molecule has 0 bridgehead atoms. The lowest BCUT2D eigenvalue weighted by atomic mass is 9.98. The van der Waals surface area contributed by atoms with Gasteiger partial charge in [-0.05, 0) is 20.9 Å². The van der Waals surface area contributed by atoms with E-state index in [0.29, 0.717) is 6.04 Å². The molecular weight excluding hydrogens is 268 g/mol. The molecule has 2 heterocycles. The number of hydrogen-bond donors (Lipinski definition) is 1. The Morgan fingerprint density at radius 2 is 1.80 bits per heavy atom. The summed E-state index contributed by atoms with van der Waals surface area (Å²) in [5.74, 6) is 0. The number of hydrazine groups is 1. The molecule has 1 N–H and O–H groups in total. The summed E-state index contributed by atoms with van der Waals surface area (Å²) in [7, 11) is 2.18. The number of piperazine rings is 1. The van der Waals surface area contributed by atoms with Gasteiger partial charge in [0.05, 0.1) is 16.7 Å². The highest BCUT2D eigenvalue weighted by Gasteiger charge is 2.23. The second-order valence-electron chi connectivity index (χ2n) is 6.86. The van der Waals surface area contributed by atoms with Crippen molar-refractivity contribution in [1.29, 1.82) is 0 Å². The molecule has 0 spiro atoms. The van der Waals surface area contributed by atoms with Gasteiger partial charge in [-0.1, -0.05) is 20.8 Å². The zero-order valence-corrected chi connectivity index (χ0v) is 14.5. The van der Waals surface area contributed by atoms with E-state index in [9.17, 15) is 0 Å². The fraction of sp³-hybridized carbons (Fsp3) is 0.800. The number of likely N-dealkylation sites (N-methyl/N-ethyl adjacent to an activating group) is 1. The van der Waals surface area contributed by atoms with Crippen LogP contribution in [0.1, 0.15) is 49.3 Å². The largest absolute Gasteiger partial charge is 0.304 e.